The highest BCUT2D eigenvalue weighted by atomic mass is 32.2. The van der Waals surface area contributed by atoms with Gasteiger partial charge in [-0.1, -0.05) is 36.9 Å². The molecule has 1 aliphatic carbocycles. The Bertz CT molecular complexity index is 1210. The summed E-state index contributed by atoms with van der Waals surface area (Å²) in [6.45, 7) is 2.64. The molecular weight excluding hydrogens is 428 g/mol. The van der Waals surface area contributed by atoms with Gasteiger partial charge in [-0.2, -0.15) is 5.26 Å². The molecule has 4 rings (SSSR count). The Morgan fingerprint density at radius 2 is 2.16 bits per heavy atom. The summed E-state index contributed by atoms with van der Waals surface area (Å²) < 4.78 is 1.64. The predicted octanol–water partition coefficient (Wildman–Crippen LogP) is 4.04. The monoisotopic (exact) mass is 452 g/mol. The molecule has 2 aromatic heterocycles. The lowest BCUT2D eigenvalue weighted by Crippen LogP contribution is -2.29. The second-order valence-corrected chi connectivity index (χ2v) is 9.94. The van der Waals surface area contributed by atoms with Gasteiger partial charge in [0, 0.05) is 18.5 Å². The topological polar surface area (TPSA) is 79.0 Å². The number of hydrogen-bond acceptors (Lipinski definition) is 6. The molecule has 0 bridgehead atoms. The van der Waals surface area contributed by atoms with Gasteiger partial charge < -0.3 is 4.90 Å². The molecule has 0 spiro atoms. The van der Waals surface area contributed by atoms with Crippen molar-refractivity contribution < 1.29 is 4.79 Å². The molecule has 0 saturated carbocycles. The molecule has 31 heavy (non-hydrogen) atoms. The second kappa shape index (κ2) is 9.25. The van der Waals surface area contributed by atoms with E-state index >= 15 is 0 Å². The molecule has 0 saturated heterocycles. The van der Waals surface area contributed by atoms with E-state index in [4.69, 9.17) is 10.2 Å². The number of aryl methyl sites for hydroxylation is 1. The van der Waals surface area contributed by atoms with Gasteiger partial charge in [0.1, 0.15) is 4.83 Å². The maximum Gasteiger partial charge on any atom is 0.267 e. The van der Waals surface area contributed by atoms with Gasteiger partial charge in [-0.25, -0.2) is 4.98 Å². The number of carbonyl (C=O) groups is 1. The second-order valence-electron chi connectivity index (χ2n) is 7.91. The average molecular weight is 453 g/mol. The molecule has 1 aliphatic rings. The number of rotatable bonds is 6. The van der Waals surface area contributed by atoms with Gasteiger partial charge in [-0.3, -0.25) is 14.2 Å². The van der Waals surface area contributed by atoms with Crippen molar-refractivity contribution in [3.63, 3.8) is 0 Å². The third-order valence-electron chi connectivity index (χ3n) is 5.62. The first kappa shape index (κ1) is 21.6. The Morgan fingerprint density at radius 1 is 1.39 bits per heavy atom. The van der Waals surface area contributed by atoms with E-state index in [1.807, 2.05) is 30.3 Å². The summed E-state index contributed by atoms with van der Waals surface area (Å²) in [6.07, 6.45) is 3.29. The SMILES string of the molecule is C[C@H]1CCc2c(sc3nc(SCC(=O)N(C)CCC#N)n(-c4ccccc4)c(=O)c23)C1. The Kier molecular flexibility index (Phi) is 6.44. The van der Waals surface area contributed by atoms with Crippen molar-refractivity contribution in [3.05, 3.63) is 51.1 Å². The number of nitriles is 1. The third-order valence-corrected chi connectivity index (χ3v) is 7.69. The number of para-hydroxylation sites is 1. The minimum absolute atomic E-state index is 0.0592. The highest BCUT2D eigenvalue weighted by Gasteiger charge is 2.25. The molecule has 3 aromatic rings. The van der Waals surface area contributed by atoms with Crippen LogP contribution in [0.2, 0.25) is 0 Å². The highest BCUT2D eigenvalue weighted by molar-refractivity contribution is 7.99. The van der Waals surface area contributed by atoms with Gasteiger partial charge in [0.05, 0.1) is 29.3 Å². The summed E-state index contributed by atoms with van der Waals surface area (Å²) >= 11 is 2.89. The normalized spacial score (nSPS) is 15.5. The molecule has 6 nitrogen and oxygen atoms in total. The van der Waals surface area contributed by atoms with Crippen LogP contribution < -0.4 is 5.56 Å². The number of carbonyl (C=O) groups excluding carboxylic acids is 1. The summed E-state index contributed by atoms with van der Waals surface area (Å²) in [5, 5.41) is 10.0. The van der Waals surface area contributed by atoms with Crippen molar-refractivity contribution in [3.8, 4) is 11.8 Å². The van der Waals surface area contributed by atoms with E-state index in [9.17, 15) is 9.59 Å². The van der Waals surface area contributed by atoms with Crippen LogP contribution in [-0.4, -0.2) is 39.7 Å². The van der Waals surface area contributed by atoms with E-state index in [2.05, 4.69) is 13.0 Å². The zero-order valence-corrected chi connectivity index (χ0v) is 19.3. The molecule has 2 heterocycles. The summed E-state index contributed by atoms with van der Waals surface area (Å²) in [4.78, 5) is 34.6. The maximum atomic E-state index is 13.7. The number of aromatic nitrogens is 2. The van der Waals surface area contributed by atoms with Crippen LogP contribution in [0, 0.1) is 17.2 Å². The quantitative estimate of drug-likeness (QED) is 0.417. The third kappa shape index (κ3) is 4.39. The van der Waals surface area contributed by atoms with Crippen molar-refractivity contribution in [2.24, 2.45) is 5.92 Å². The first-order chi connectivity index (χ1) is 15.0. The first-order valence-corrected chi connectivity index (χ1v) is 12.2. The molecule has 1 aromatic carbocycles. The van der Waals surface area contributed by atoms with Gasteiger partial charge in [-0.05, 0) is 42.9 Å². The van der Waals surface area contributed by atoms with Gasteiger partial charge in [-0.15, -0.1) is 11.3 Å². The van der Waals surface area contributed by atoms with E-state index in [-0.39, 0.29) is 17.2 Å². The number of thioether (sulfide) groups is 1. The fraction of sp³-hybridized carbons (Fsp3) is 0.391. The molecule has 8 heteroatoms. The van der Waals surface area contributed by atoms with E-state index in [1.165, 1.54) is 16.6 Å². The van der Waals surface area contributed by atoms with Crippen LogP contribution in [0.25, 0.3) is 15.9 Å². The van der Waals surface area contributed by atoms with Crippen molar-refractivity contribution in [1.82, 2.24) is 14.5 Å². The van der Waals surface area contributed by atoms with Crippen molar-refractivity contribution in [2.45, 2.75) is 37.8 Å². The molecule has 0 aliphatic heterocycles. The fourth-order valence-corrected chi connectivity index (χ4v) is 6.23. The summed E-state index contributed by atoms with van der Waals surface area (Å²) in [7, 11) is 1.69. The summed E-state index contributed by atoms with van der Waals surface area (Å²) in [5.74, 6) is 0.690. The molecular formula is C23H24N4O2S2. The Morgan fingerprint density at radius 3 is 2.90 bits per heavy atom. The smallest absolute Gasteiger partial charge is 0.267 e. The van der Waals surface area contributed by atoms with Crippen molar-refractivity contribution in [2.75, 3.05) is 19.3 Å². The van der Waals surface area contributed by atoms with Crippen LogP contribution in [0.5, 0.6) is 0 Å². The van der Waals surface area contributed by atoms with Gasteiger partial charge in [0.25, 0.3) is 5.56 Å². The summed E-state index contributed by atoms with van der Waals surface area (Å²) in [5.41, 5.74) is 1.85. The van der Waals surface area contributed by atoms with Crippen LogP contribution in [0.15, 0.2) is 40.3 Å². The number of fused-ring (bicyclic) bond motifs is 3. The molecule has 0 radical (unpaired) electrons. The Hall–Kier alpha value is -2.63. The number of hydrogen-bond donors (Lipinski definition) is 0. The van der Waals surface area contributed by atoms with Gasteiger partial charge >= 0.3 is 0 Å². The van der Waals surface area contributed by atoms with Crippen LogP contribution in [0.1, 0.15) is 30.2 Å². The van der Waals surface area contributed by atoms with Crippen LogP contribution >= 0.6 is 23.1 Å². The molecule has 0 N–H and O–H groups in total. The minimum atomic E-state index is -0.0893. The van der Waals surface area contributed by atoms with Gasteiger partial charge in [0.15, 0.2) is 5.16 Å². The largest absolute Gasteiger partial charge is 0.344 e. The maximum absolute atomic E-state index is 13.7. The Labute approximate surface area is 189 Å². The van der Waals surface area contributed by atoms with Crippen LogP contribution in [0.4, 0.5) is 0 Å². The molecule has 0 unspecified atom stereocenters. The summed E-state index contributed by atoms with van der Waals surface area (Å²) in [6, 6.07) is 11.5. The highest BCUT2D eigenvalue weighted by Crippen LogP contribution is 2.37. The predicted molar refractivity (Wildman–Crippen MR) is 125 cm³/mol. The van der Waals surface area contributed by atoms with Crippen molar-refractivity contribution >= 4 is 39.2 Å². The number of benzene rings is 1. The zero-order valence-electron chi connectivity index (χ0n) is 17.6. The zero-order chi connectivity index (χ0) is 22.0. The lowest BCUT2D eigenvalue weighted by Gasteiger charge is -2.18. The van der Waals surface area contributed by atoms with Crippen LogP contribution in [-0.2, 0) is 17.6 Å². The number of amides is 1. The molecule has 160 valence electrons. The molecule has 1 atom stereocenters. The lowest BCUT2D eigenvalue weighted by molar-refractivity contribution is -0.127. The first-order valence-electron chi connectivity index (χ1n) is 10.4. The Balaban J connectivity index is 1.76. The van der Waals surface area contributed by atoms with Crippen molar-refractivity contribution in [1.29, 1.82) is 5.26 Å². The minimum Gasteiger partial charge on any atom is -0.344 e. The van der Waals surface area contributed by atoms with E-state index in [1.54, 1.807) is 27.9 Å². The standard InChI is InChI=1S/C23H24N4O2S2/c1-15-9-10-17-18(13-15)31-21-20(17)22(29)27(16-7-4-3-5-8-16)23(25-21)30-14-19(28)26(2)12-6-11-24/h3-5,7-8,15H,6,9-10,12-14H2,1-2H3/t15-/m0/s1. The molecule has 1 amide bonds. The number of nitrogens with zero attached hydrogens (tertiary/aromatic N) is 4. The fourth-order valence-electron chi connectivity index (χ4n) is 3.85. The van der Waals surface area contributed by atoms with Gasteiger partial charge in [0.2, 0.25) is 5.91 Å². The van der Waals surface area contributed by atoms with E-state index in [0.717, 1.165) is 40.7 Å². The molecule has 0 fully saturated rings. The van der Waals surface area contributed by atoms with Crippen LogP contribution in [0.3, 0.4) is 0 Å². The van der Waals surface area contributed by atoms with E-state index in [0.29, 0.717) is 24.0 Å². The lowest BCUT2D eigenvalue weighted by atomic mass is 9.89. The number of thiophene rings is 1. The average Bonchev–Trinajstić information content (AvgIpc) is 3.13. The van der Waals surface area contributed by atoms with E-state index < -0.39 is 0 Å².